The number of hydrogen-bond acceptors (Lipinski definition) is 3. The van der Waals surface area contributed by atoms with Crippen molar-refractivity contribution in [3.05, 3.63) is 29.1 Å². The van der Waals surface area contributed by atoms with Crippen LogP contribution in [0.3, 0.4) is 0 Å². The maximum absolute atomic E-state index is 12.1. The Bertz CT molecular complexity index is 499. The maximum atomic E-state index is 12.1. The highest BCUT2D eigenvalue weighted by Gasteiger charge is 2.25. The standard InChI is InChI=1S/C13H16N2O3/c1-8-5-6-15(7-8)12(16)11-4-3-10(13(17)18)9(2)14-11/h3-4,8H,5-7H2,1-2H3,(H,17,18). The van der Waals surface area contributed by atoms with Gasteiger partial charge < -0.3 is 10.0 Å². The van der Waals surface area contributed by atoms with Gasteiger partial charge in [0.15, 0.2) is 0 Å². The average molecular weight is 248 g/mol. The van der Waals surface area contributed by atoms with Crippen LogP contribution in [0.15, 0.2) is 12.1 Å². The van der Waals surface area contributed by atoms with Gasteiger partial charge in [0.2, 0.25) is 0 Å². The van der Waals surface area contributed by atoms with Crippen molar-refractivity contribution in [3.63, 3.8) is 0 Å². The fourth-order valence-corrected chi connectivity index (χ4v) is 2.19. The van der Waals surface area contributed by atoms with E-state index in [0.29, 0.717) is 17.3 Å². The smallest absolute Gasteiger partial charge is 0.337 e. The molecule has 0 saturated carbocycles. The molecule has 5 heteroatoms. The fourth-order valence-electron chi connectivity index (χ4n) is 2.19. The Kier molecular flexibility index (Phi) is 3.32. The van der Waals surface area contributed by atoms with Crippen LogP contribution in [0.2, 0.25) is 0 Å². The lowest BCUT2D eigenvalue weighted by molar-refractivity contribution is 0.0693. The van der Waals surface area contributed by atoms with Gasteiger partial charge in [-0.3, -0.25) is 4.79 Å². The molecule has 1 aromatic rings. The van der Waals surface area contributed by atoms with Crippen molar-refractivity contribution in [2.75, 3.05) is 13.1 Å². The van der Waals surface area contributed by atoms with Crippen LogP contribution in [0.1, 0.15) is 39.9 Å². The second kappa shape index (κ2) is 4.76. The number of carbonyl (C=O) groups excluding carboxylic acids is 1. The Labute approximate surface area is 105 Å². The number of pyridine rings is 1. The van der Waals surface area contributed by atoms with E-state index in [9.17, 15) is 9.59 Å². The van der Waals surface area contributed by atoms with Gasteiger partial charge in [-0.05, 0) is 31.4 Å². The molecule has 18 heavy (non-hydrogen) atoms. The van der Waals surface area contributed by atoms with E-state index in [0.717, 1.165) is 19.5 Å². The molecule has 1 unspecified atom stereocenters. The molecule has 1 aliphatic heterocycles. The number of aromatic nitrogens is 1. The first kappa shape index (κ1) is 12.5. The largest absolute Gasteiger partial charge is 0.478 e. The van der Waals surface area contributed by atoms with Crippen LogP contribution in [-0.4, -0.2) is 40.0 Å². The van der Waals surface area contributed by atoms with Gasteiger partial charge in [0.1, 0.15) is 5.69 Å². The van der Waals surface area contributed by atoms with Gasteiger partial charge >= 0.3 is 5.97 Å². The van der Waals surface area contributed by atoms with Gasteiger partial charge in [-0.25, -0.2) is 9.78 Å². The first-order chi connectivity index (χ1) is 8.49. The Morgan fingerprint density at radius 3 is 2.67 bits per heavy atom. The van der Waals surface area contributed by atoms with E-state index in [-0.39, 0.29) is 11.5 Å². The molecule has 5 nitrogen and oxygen atoms in total. The molecular weight excluding hydrogens is 232 g/mol. The highest BCUT2D eigenvalue weighted by atomic mass is 16.4. The number of amides is 1. The summed E-state index contributed by atoms with van der Waals surface area (Å²) >= 11 is 0. The van der Waals surface area contributed by atoms with Gasteiger partial charge in [-0.15, -0.1) is 0 Å². The molecule has 1 N–H and O–H groups in total. The minimum absolute atomic E-state index is 0.112. The van der Waals surface area contributed by atoms with Crippen LogP contribution in [0, 0.1) is 12.8 Å². The molecular formula is C13H16N2O3. The van der Waals surface area contributed by atoms with Crippen molar-refractivity contribution in [2.45, 2.75) is 20.3 Å². The van der Waals surface area contributed by atoms with E-state index >= 15 is 0 Å². The lowest BCUT2D eigenvalue weighted by Crippen LogP contribution is -2.29. The van der Waals surface area contributed by atoms with Crippen molar-refractivity contribution in [1.29, 1.82) is 0 Å². The number of aryl methyl sites for hydroxylation is 1. The van der Waals surface area contributed by atoms with E-state index in [1.165, 1.54) is 12.1 Å². The van der Waals surface area contributed by atoms with Crippen molar-refractivity contribution < 1.29 is 14.7 Å². The molecule has 0 spiro atoms. The lowest BCUT2D eigenvalue weighted by atomic mass is 10.1. The zero-order valence-electron chi connectivity index (χ0n) is 10.5. The van der Waals surface area contributed by atoms with Crippen LogP contribution in [-0.2, 0) is 0 Å². The first-order valence-electron chi connectivity index (χ1n) is 5.99. The number of rotatable bonds is 2. The third-order valence-corrected chi connectivity index (χ3v) is 3.25. The van der Waals surface area contributed by atoms with Crippen molar-refractivity contribution in [1.82, 2.24) is 9.88 Å². The Morgan fingerprint density at radius 1 is 1.44 bits per heavy atom. The molecule has 2 heterocycles. The summed E-state index contributed by atoms with van der Waals surface area (Å²) in [7, 11) is 0. The summed E-state index contributed by atoms with van der Waals surface area (Å²) in [6.07, 6.45) is 1.01. The molecule has 1 amide bonds. The summed E-state index contributed by atoms with van der Waals surface area (Å²) in [5.41, 5.74) is 0.841. The van der Waals surface area contributed by atoms with Crippen molar-refractivity contribution in [2.24, 2.45) is 5.92 Å². The zero-order valence-corrected chi connectivity index (χ0v) is 10.5. The van der Waals surface area contributed by atoms with Crippen molar-refractivity contribution in [3.8, 4) is 0 Å². The number of likely N-dealkylation sites (tertiary alicyclic amines) is 1. The molecule has 2 rings (SSSR count). The minimum Gasteiger partial charge on any atom is -0.478 e. The second-order valence-corrected chi connectivity index (χ2v) is 4.78. The summed E-state index contributed by atoms with van der Waals surface area (Å²) in [5, 5.41) is 8.91. The number of nitrogens with zero attached hydrogens (tertiary/aromatic N) is 2. The van der Waals surface area contributed by atoms with Crippen LogP contribution >= 0.6 is 0 Å². The molecule has 1 aliphatic rings. The third-order valence-electron chi connectivity index (χ3n) is 3.25. The maximum Gasteiger partial charge on any atom is 0.337 e. The van der Waals surface area contributed by atoms with E-state index in [4.69, 9.17) is 5.11 Å². The molecule has 1 saturated heterocycles. The molecule has 0 bridgehead atoms. The molecule has 0 radical (unpaired) electrons. The fraction of sp³-hybridized carbons (Fsp3) is 0.462. The molecule has 1 fully saturated rings. The molecule has 1 atom stereocenters. The molecule has 1 aromatic heterocycles. The van der Waals surface area contributed by atoms with Crippen molar-refractivity contribution >= 4 is 11.9 Å². The second-order valence-electron chi connectivity index (χ2n) is 4.78. The first-order valence-corrected chi connectivity index (χ1v) is 5.99. The highest BCUT2D eigenvalue weighted by molar-refractivity contribution is 5.94. The summed E-state index contributed by atoms with van der Waals surface area (Å²) in [6, 6.07) is 2.93. The molecule has 0 aromatic carbocycles. The summed E-state index contributed by atoms with van der Waals surface area (Å²) < 4.78 is 0. The predicted molar refractivity (Wildman–Crippen MR) is 65.6 cm³/mol. The average Bonchev–Trinajstić information content (AvgIpc) is 2.74. The topological polar surface area (TPSA) is 70.5 Å². The predicted octanol–water partition coefficient (Wildman–Crippen LogP) is 1.57. The SMILES string of the molecule is Cc1nc(C(=O)N2CCC(C)C2)ccc1C(=O)O. The summed E-state index contributed by atoms with van der Waals surface area (Å²) in [5.74, 6) is -0.610. The van der Waals surface area contributed by atoms with Gasteiger partial charge in [0, 0.05) is 13.1 Å². The van der Waals surface area contributed by atoms with Gasteiger partial charge in [-0.1, -0.05) is 6.92 Å². The number of carbonyl (C=O) groups is 2. The summed E-state index contributed by atoms with van der Waals surface area (Å²) in [4.78, 5) is 28.9. The van der Waals surface area contributed by atoms with E-state index in [2.05, 4.69) is 11.9 Å². The molecule has 96 valence electrons. The van der Waals surface area contributed by atoms with Gasteiger partial charge in [-0.2, -0.15) is 0 Å². The third kappa shape index (κ3) is 2.34. The Morgan fingerprint density at radius 2 is 2.17 bits per heavy atom. The van der Waals surface area contributed by atoms with Crippen LogP contribution < -0.4 is 0 Å². The normalized spacial score (nSPS) is 19.0. The number of carboxylic acid groups (broad SMARTS) is 1. The number of aromatic carboxylic acids is 1. The van der Waals surface area contributed by atoms with Gasteiger partial charge in [0.25, 0.3) is 5.91 Å². The number of carboxylic acids is 1. The highest BCUT2D eigenvalue weighted by Crippen LogP contribution is 2.18. The van der Waals surface area contributed by atoms with Crippen LogP contribution in [0.4, 0.5) is 0 Å². The zero-order chi connectivity index (χ0) is 13.3. The van der Waals surface area contributed by atoms with Crippen LogP contribution in [0.5, 0.6) is 0 Å². The molecule has 0 aliphatic carbocycles. The number of hydrogen-bond donors (Lipinski definition) is 1. The van der Waals surface area contributed by atoms with E-state index in [1.54, 1.807) is 11.8 Å². The van der Waals surface area contributed by atoms with Gasteiger partial charge in [0.05, 0.1) is 11.3 Å². The minimum atomic E-state index is -1.02. The quantitative estimate of drug-likeness (QED) is 0.862. The Hall–Kier alpha value is -1.91. The van der Waals surface area contributed by atoms with E-state index < -0.39 is 5.97 Å². The Balaban J connectivity index is 2.21. The lowest BCUT2D eigenvalue weighted by Gasteiger charge is -2.15. The summed E-state index contributed by atoms with van der Waals surface area (Å²) in [6.45, 7) is 5.22. The van der Waals surface area contributed by atoms with Crippen LogP contribution in [0.25, 0.3) is 0 Å². The monoisotopic (exact) mass is 248 g/mol. The van der Waals surface area contributed by atoms with E-state index in [1.807, 2.05) is 0 Å².